The maximum absolute atomic E-state index is 12.0. The SMILES string of the molecule is Nc1ccccc1NC(=O)C=Cc1ccc(CNc2cc(Cl)cc(Cl)c2)cc1. The minimum absolute atomic E-state index is 0.235. The molecule has 0 aromatic heterocycles. The van der Waals surface area contributed by atoms with E-state index in [-0.39, 0.29) is 5.91 Å². The van der Waals surface area contributed by atoms with Crippen molar-refractivity contribution in [3.63, 3.8) is 0 Å². The van der Waals surface area contributed by atoms with Crippen molar-refractivity contribution in [2.24, 2.45) is 0 Å². The molecule has 0 aliphatic carbocycles. The van der Waals surface area contributed by atoms with Gasteiger partial charge in [-0.05, 0) is 47.5 Å². The Bertz CT molecular complexity index is 981. The number of carbonyl (C=O) groups is 1. The third kappa shape index (κ3) is 5.78. The van der Waals surface area contributed by atoms with E-state index in [9.17, 15) is 4.79 Å². The van der Waals surface area contributed by atoms with Gasteiger partial charge in [0.25, 0.3) is 0 Å². The zero-order chi connectivity index (χ0) is 19.9. The minimum Gasteiger partial charge on any atom is -0.397 e. The fourth-order valence-electron chi connectivity index (χ4n) is 2.56. The first-order chi connectivity index (χ1) is 13.5. The number of nitrogen functional groups attached to an aromatic ring is 1. The summed E-state index contributed by atoms with van der Waals surface area (Å²) in [5, 5.41) is 7.22. The van der Waals surface area contributed by atoms with E-state index in [4.69, 9.17) is 28.9 Å². The van der Waals surface area contributed by atoms with Crippen LogP contribution in [0.25, 0.3) is 6.08 Å². The maximum Gasteiger partial charge on any atom is 0.248 e. The summed E-state index contributed by atoms with van der Waals surface area (Å²) in [4.78, 5) is 12.0. The highest BCUT2D eigenvalue weighted by atomic mass is 35.5. The molecule has 3 rings (SSSR count). The van der Waals surface area contributed by atoms with Crippen molar-refractivity contribution in [2.75, 3.05) is 16.4 Å². The molecule has 0 aliphatic heterocycles. The third-order valence-electron chi connectivity index (χ3n) is 3.98. The van der Waals surface area contributed by atoms with Crippen LogP contribution in [-0.2, 0) is 11.3 Å². The van der Waals surface area contributed by atoms with Crippen molar-refractivity contribution in [1.29, 1.82) is 0 Å². The number of carbonyl (C=O) groups excluding carboxylic acids is 1. The molecule has 0 radical (unpaired) electrons. The lowest BCUT2D eigenvalue weighted by Crippen LogP contribution is -2.09. The molecule has 0 fully saturated rings. The van der Waals surface area contributed by atoms with Gasteiger partial charge >= 0.3 is 0 Å². The summed E-state index contributed by atoms with van der Waals surface area (Å²) in [5.74, 6) is -0.235. The van der Waals surface area contributed by atoms with Gasteiger partial charge in [0.15, 0.2) is 0 Å². The Labute approximate surface area is 174 Å². The Hall–Kier alpha value is -2.95. The van der Waals surface area contributed by atoms with Crippen LogP contribution in [0.2, 0.25) is 10.0 Å². The normalized spacial score (nSPS) is 10.8. The van der Waals surface area contributed by atoms with Gasteiger partial charge in [-0.15, -0.1) is 0 Å². The molecule has 3 aromatic carbocycles. The second-order valence-corrected chi connectivity index (χ2v) is 7.04. The van der Waals surface area contributed by atoms with Crippen molar-refractivity contribution in [3.8, 4) is 0 Å². The Morgan fingerprint density at radius 2 is 1.64 bits per heavy atom. The highest BCUT2D eigenvalue weighted by Gasteiger charge is 2.01. The highest BCUT2D eigenvalue weighted by molar-refractivity contribution is 6.35. The van der Waals surface area contributed by atoms with Gasteiger partial charge in [-0.25, -0.2) is 0 Å². The minimum atomic E-state index is -0.235. The number of hydrogen-bond acceptors (Lipinski definition) is 3. The van der Waals surface area contributed by atoms with Crippen LogP contribution >= 0.6 is 23.2 Å². The van der Waals surface area contributed by atoms with E-state index < -0.39 is 0 Å². The van der Waals surface area contributed by atoms with Crippen LogP contribution in [0.1, 0.15) is 11.1 Å². The molecule has 0 unspecified atom stereocenters. The molecular formula is C22H19Cl2N3O. The number of benzene rings is 3. The molecule has 4 nitrogen and oxygen atoms in total. The van der Waals surface area contributed by atoms with E-state index >= 15 is 0 Å². The first kappa shape index (κ1) is 19.8. The summed E-state index contributed by atoms with van der Waals surface area (Å²) in [5.41, 5.74) is 9.82. The largest absolute Gasteiger partial charge is 0.397 e. The number of hydrogen-bond donors (Lipinski definition) is 3. The zero-order valence-corrected chi connectivity index (χ0v) is 16.5. The van der Waals surface area contributed by atoms with Gasteiger partial charge in [-0.3, -0.25) is 4.79 Å². The summed E-state index contributed by atoms with van der Waals surface area (Å²) < 4.78 is 0. The smallest absolute Gasteiger partial charge is 0.248 e. The van der Waals surface area contributed by atoms with Gasteiger partial charge in [-0.2, -0.15) is 0 Å². The summed E-state index contributed by atoms with van der Waals surface area (Å²) in [6, 6.07) is 20.4. The second-order valence-electron chi connectivity index (χ2n) is 6.16. The molecule has 0 aliphatic rings. The van der Waals surface area contributed by atoms with Crippen LogP contribution in [0, 0.1) is 0 Å². The molecular weight excluding hydrogens is 393 g/mol. The molecule has 0 saturated heterocycles. The lowest BCUT2D eigenvalue weighted by molar-refractivity contribution is -0.111. The first-order valence-corrected chi connectivity index (χ1v) is 9.38. The van der Waals surface area contributed by atoms with Crippen molar-refractivity contribution >= 4 is 52.2 Å². The number of nitrogens with one attached hydrogen (secondary N) is 2. The summed E-state index contributed by atoms with van der Waals surface area (Å²) in [6.45, 7) is 0.633. The molecule has 28 heavy (non-hydrogen) atoms. The van der Waals surface area contributed by atoms with E-state index in [0.717, 1.165) is 16.8 Å². The summed E-state index contributed by atoms with van der Waals surface area (Å²) in [6.07, 6.45) is 3.23. The molecule has 1 amide bonds. The Kier molecular flexibility index (Phi) is 6.58. The van der Waals surface area contributed by atoms with Gasteiger partial charge < -0.3 is 16.4 Å². The topological polar surface area (TPSA) is 67.1 Å². The predicted octanol–water partition coefficient (Wildman–Crippen LogP) is 5.84. The van der Waals surface area contributed by atoms with Gasteiger partial charge in [-0.1, -0.05) is 59.6 Å². The molecule has 6 heteroatoms. The quantitative estimate of drug-likeness (QED) is 0.352. The molecule has 3 aromatic rings. The van der Waals surface area contributed by atoms with E-state index in [1.54, 1.807) is 24.3 Å². The molecule has 0 atom stereocenters. The maximum atomic E-state index is 12.0. The standard InChI is InChI=1S/C22H19Cl2N3O/c23-17-11-18(24)13-19(12-17)26-14-16-7-5-15(6-8-16)9-10-22(28)27-21-4-2-1-3-20(21)25/h1-13,26H,14,25H2,(H,27,28). The van der Waals surface area contributed by atoms with Crippen molar-refractivity contribution < 1.29 is 4.79 Å². The van der Waals surface area contributed by atoms with Crippen LogP contribution in [0.5, 0.6) is 0 Å². The number of para-hydroxylation sites is 2. The third-order valence-corrected chi connectivity index (χ3v) is 4.42. The molecule has 142 valence electrons. The molecule has 0 saturated carbocycles. The van der Waals surface area contributed by atoms with Crippen molar-refractivity contribution in [1.82, 2.24) is 0 Å². The Morgan fingerprint density at radius 1 is 0.964 bits per heavy atom. The second kappa shape index (κ2) is 9.31. The van der Waals surface area contributed by atoms with Gasteiger partial charge in [0.1, 0.15) is 0 Å². The number of amides is 1. The zero-order valence-electron chi connectivity index (χ0n) is 15.0. The fraction of sp³-hybridized carbons (Fsp3) is 0.0455. The van der Waals surface area contributed by atoms with E-state index in [1.165, 1.54) is 6.08 Å². The molecule has 0 heterocycles. The molecule has 4 N–H and O–H groups in total. The van der Waals surface area contributed by atoms with Crippen molar-refractivity contribution in [2.45, 2.75) is 6.54 Å². The van der Waals surface area contributed by atoms with E-state index in [0.29, 0.717) is 28.0 Å². The number of halogens is 2. The highest BCUT2D eigenvalue weighted by Crippen LogP contribution is 2.23. The average molecular weight is 412 g/mol. The summed E-state index contributed by atoms with van der Waals surface area (Å²) in [7, 11) is 0. The average Bonchev–Trinajstić information content (AvgIpc) is 2.67. The van der Waals surface area contributed by atoms with Crippen molar-refractivity contribution in [3.05, 3.63) is 94.0 Å². The number of rotatable bonds is 6. The Balaban J connectivity index is 1.55. The van der Waals surface area contributed by atoms with Crippen LogP contribution in [0.4, 0.5) is 17.1 Å². The van der Waals surface area contributed by atoms with Crippen LogP contribution in [-0.4, -0.2) is 5.91 Å². The molecule has 0 spiro atoms. The lowest BCUT2D eigenvalue weighted by atomic mass is 10.1. The summed E-state index contributed by atoms with van der Waals surface area (Å²) >= 11 is 12.0. The van der Waals surface area contributed by atoms with Gasteiger partial charge in [0.05, 0.1) is 11.4 Å². The van der Waals surface area contributed by atoms with Gasteiger partial charge in [0, 0.05) is 28.4 Å². The van der Waals surface area contributed by atoms with Crippen LogP contribution < -0.4 is 16.4 Å². The van der Waals surface area contributed by atoms with Crippen LogP contribution in [0.3, 0.4) is 0 Å². The van der Waals surface area contributed by atoms with E-state index in [2.05, 4.69) is 10.6 Å². The molecule has 0 bridgehead atoms. The monoisotopic (exact) mass is 411 g/mol. The fourth-order valence-corrected chi connectivity index (χ4v) is 3.09. The Morgan fingerprint density at radius 3 is 2.32 bits per heavy atom. The number of anilines is 3. The number of nitrogens with two attached hydrogens (primary N) is 1. The lowest BCUT2D eigenvalue weighted by Gasteiger charge is -2.08. The van der Waals surface area contributed by atoms with Crippen LogP contribution in [0.15, 0.2) is 72.8 Å². The predicted molar refractivity (Wildman–Crippen MR) is 119 cm³/mol. The first-order valence-electron chi connectivity index (χ1n) is 8.62. The van der Waals surface area contributed by atoms with Gasteiger partial charge in [0.2, 0.25) is 5.91 Å². The van der Waals surface area contributed by atoms with E-state index in [1.807, 2.05) is 48.5 Å².